The third kappa shape index (κ3) is 3.44. The number of hydrogen-bond donors (Lipinski definition) is 3. The highest BCUT2D eigenvalue weighted by Crippen LogP contribution is 2.47. The predicted octanol–water partition coefficient (Wildman–Crippen LogP) is 2.01. The van der Waals surface area contributed by atoms with Crippen molar-refractivity contribution in [3.05, 3.63) is 23.8 Å². The molecular formula is C19H27N5O6. The van der Waals surface area contributed by atoms with Gasteiger partial charge in [0.2, 0.25) is 0 Å². The Kier molecular flexibility index (Phi) is 5.39. The summed E-state index contributed by atoms with van der Waals surface area (Å²) in [7, 11) is 1.23. The lowest BCUT2D eigenvalue weighted by Gasteiger charge is -2.36. The van der Waals surface area contributed by atoms with Gasteiger partial charge in [0.25, 0.3) is 0 Å². The molecule has 0 aliphatic carbocycles. The molecule has 30 heavy (non-hydrogen) atoms. The minimum Gasteiger partial charge on any atom is -0.468 e. The summed E-state index contributed by atoms with van der Waals surface area (Å²) in [6.07, 6.45) is -1.19. The number of carbonyl (C=O) groups is 3. The zero-order valence-electron chi connectivity index (χ0n) is 17.8. The van der Waals surface area contributed by atoms with Crippen molar-refractivity contribution < 1.29 is 29.2 Å². The van der Waals surface area contributed by atoms with Gasteiger partial charge in [-0.15, -0.1) is 0 Å². The Labute approximate surface area is 174 Å². The van der Waals surface area contributed by atoms with E-state index in [1.807, 2.05) is 13.8 Å². The van der Waals surface area contributed by atoms with Gasteiger partial charge in [0.05, 0.1) is 18.3 Å². The van der Waals surface area contributed by atoms with E-state index in [1.54, 1.807) is 39.0 Å². The first-order chi connectivity index (χ1) is 13.9. The van der Waals surface area contributed by atoms with Crippen molar-refractivity contribution in [1.82, 2.24) is 15.4 Å². The van der Waals surface area contributed by atoms with E-state index < -0.39 is 35.5 Å². The largest absolute Gasteiger partial charge is 0.468 e. The summed E-state index contributed by atoms with van der Waals surface area (Å²) in [6.45, 7) is 8.64. The van der Waals surface area contributed by atoms with Crippen LogP contribution in [-0.2, 0) is 14.4 Å². The highest BCUT2D eigenvalue weighted by atomic mass is 16.8. The van der Waals surface area contributed by atoms with Crippen molar-refractivity contribution in [3.63, 3.8) is 0 Å². The maximum atomic E-state index is 12.7. The van der Waals surface area contributed by atoms with Crippen LogP contribution in [0.2, 0.25) is 0 Å². The molecule has 1 unspecified atom stereocenters. The first-order valence-electron chi connectivity index (χ1n) is 9.43. The lowest BCUT2D eigenvalue weighted by atomic mass is 10.0. The molecule has 0 radical (unpaired) electrons. The smallest absolute Gasteiger partial charge is 0.435 e. The van der Waals surface area contributed by atoms with Crippen molar-refractivity contribution >= 4 is 29.5 Å². The normalized spacial score (nSPS) is 22.4. The number of esters is 1. The molecule has 1 atom stereocenters. The number of amides is 3. The maximum Gasteiger partial charge on any atom is 0.435 e. The van der Waals surface area contributed by atoms with Gasteiger partial charge in [-0.3, -0.25) is 9.69 Å². The van der Waals surface area contributed by atoms with E-state index in [0.717, 1.165) is 10.6 Å². The first-order valence-corrected chi connectivity index (χ1v) is 9.43. The van der Waals surface area contributed by atoms with Gasteiger partial charge in [0.1, 0.15) is 18.4 Å². The number of rotatable bonds is 4. The van der Waals surface area contributed by atoms with Crippen molar-refractivity contribution in [3.8, 4) is 0 Å². The van der Waals surface area contributed by atoms with E-state index in [-0.39, 0.29) is 6.54 Å². The van der Waals surface area contributed by atoms with Crippen LogP contribution in [0.5, 0.6) is 0 Å². The summed E-state index contributed by atoms with van der Waals surface area (Å²) in [6, 6.07) is 4.54. The van der Waals surface area contributed by atoms with Crippen LogP contribution in [0.25, 0.3) is 0 Å². The van der Waals surface area contributed by atoms with E-state index in [9.17, 15) is 19.6 Å². The van der Waals surface area contributed by atoms with Crippen LogP contribution in [0.4, 0.5) is 21.0 Å². The van der Waals surface area contributed by atoms with E-state index >= 15 is 0 Å². The number of nitrogens with one attached hydrogen (secondary N) is 2. The zero-order valence-corrected chi connectivity index (χ0v) is 17.8. The summed E-state index contributed by atoms with van der Waals surface area (Å²) in [5.41, 5.74) is -0.0757. The number of fused-ring (bicyclic) bond motifs is 1. The van der Waals surface area contributed by atoms with Crippen LogP contribution in [0.1, 0.15) is 33.3 Å². The first kappa shape index (κ1) is 21.8. The molecule has 3 rings (SSSR count). The fraction of sp³-hybridized carbons (Fsp3) is 0.526. The standard InChI is InChI=1S/C19H27N5O6/c1-11-7-8-12(9-13(11)21-16(26)20-10-14(25)29-6)22-15-18(2,3)24(28)19(4,5)23(15)30-17(22)27/h7-9,15,28H,10H2,1-6H3,(H2,20,21,26). The summed E-state index contributed by atoms with van der Waals surface area (Å²) in [5, 5.41) is 18.3. The Hall–Kier alpha value is -2.89. The molecule has 11 heteroatoms. The van der Waals surface area contributed by atoms with Crippen molar-refractivity contribution in [2.45, 2.75) is 52.0 Å². The van der Waals surface area contributed by atoms with Gasteiger partial charge in [-0.05, 0) is 52.3 Å². The van der Waals surface area contributed by atoms with Gasteiger partial charge in [-0.2, -0.15) is 5.06 Å². The molecule has 0 spiro atoms. The number of urea groups is 1. The molecule has 11 nitrogen and oxygen atoms in total. The molecule has 1 aromatic rings. The summed E-state index contributed by atoms with van der Waals surface area (Å²) in [4.78, 5) is 42.9. The van der Waals surface area contributed by atoms with Crippen molar-refractivity contribution in [1.29, 1.82) is 0 Å². The SMILES string of the molecule is COC(=O)CNC(=O)Nc1cc(N2C(=O)ON3C2C(C)(C)N(O)C3(C)C)ccc1C. The van der Waals surface area contributed by atoms with Crippen LogP contribution < -0.4 is 15.5 Å². The van der Waals surface area contributed by atoms with Gasteiger partial charge in [-0.1, -0.05) is 11.1 Å². The van der Waals surface area contributed by atoms with Gasteiger partial charge in [0, 0.05) is 5.69 Å². The average Bonchev–Trinajstić information content (AvgIpc) is 3.10. The fourth-order valence-corrected chi connectivity index (χ4v) is 3.84. The lowest BCUT2D eigenvalue weighted by Crippen LogP contribution is -2.53. The Morgan fingerprint density at radius 1 is 1.27 bits per heavy atom. The summed E-state index contributed by atoms with van der Waals surface area (Å²) in [5.74, 6) is -0.574. The number of anilines is 2. The number of hydroxylamine groups is 4. The molecule has 3 amide bonds. The van der Waals surface area contributed by atoms with Crippen LogP contribution in [-0.4, -0.2) is 64.4 Å². The number of hydrogen-bond acceptors (Lipinski definition) is 8. The van der Waals surface area contributed by atoms with Crippen LogP contribution in [0.3, 0.4) is 0 Å². The third-order valence-electron chi connectivity index (χ3n) is 5.44. The van der Waals surface area contributed by atoms with Gasteiger partial charge in [-0.25, -0.2) is 9.59 Å². The Morgan fingerprint density at radius 2 is 1.93 bits per heavy atom. The van der Waals surface area contributed by atoms with E-state index in [2.05, 4.69) is 15.4 Å². The molecule has 1 aromatic carbocycles. The Morgan fingerprint density at radius 3 is 2.57 bits per heavy atom. The molecule has 0 bridgehead atoms. The number of methoxy groups -OCH3 is 1. The minimum absolute atomic E-state index is 0.272. The molecule has 2 aliphatic heterocycles. The highest BCUT2D eigenvalue weighted by molar-refractivity contribution is 5.95. The van der Waals surface area contributed by atoms with Gasteiger partial charge < -0.3 is 25.4 Å². The quantitative estimate of drug-likeness (QED) is 0.631. The average molecular weight is 421 g/mol. The predicted molar refractivity (Wildman–Crippen MR) is 107 cm³/mol. The van der Waals surface area contributed by atoms with Crippen molar-refractivity contribution in [2.24, 2.45) is 0 Å². The number of carbonyl (C=O) groups excluding carboxylic acids is 3. The second-order valence-corrected chi connectivity index (χ2v) is 8.27. The molecule has 0 saturated carbocycles. The van der Waals surface area contributed by atoms with Crippen molar-refractivity contribution in [2.75, 3.05) is 23.9 Å². The molecule has 2 heterocycles. The Balaban J connectivity index is 1.88. The topological polar surface area (TPSA) is 124 Å². The van der Waals surface area contributed by atoms with E-state index in [0.29, 0.717) is 11.4 Å². The second-order valence-electron chi connectivity index (χ2n) is 8.27. The van der Waals surface area contributed by atoms with E-state index in [1.165, 1.54) is 17.1 Å². The molecule has 2 aliphatic rings. The zero-order chi connectivity index (χ0) is 22.4. The second kappa shape index (κ2) is 7.42. The highest BCUT2D eigenvalue weighted by Gasteiger charge is 2.66. The third-order valence-corrected chi connectivity index (χ3v) is 5.44. The van der Waals surface area contributed by atoms with Gasteiger partial charge in [0.15, 0.2) is 0 Å². The van der Waals surface area contributed by atoms with Crippen LogP contribution in [0, 0.1) is 6.92 Å². The Bertz CT molecular complexity index is 886. The van der Waals surface area contributed by atoms with Crippen LogP contribution >= 0.6 is 0 Å². The number of aryl methyl sites for hydroxylation is 1. The molecule has 0 aromatic heterocycles. The molecule has 2 fully saturated rings. The minimum atomic E-state index is -0.932. The molecular weight excluding hydrogens is 394 g/mol. The monoisotopic (exact) mass is 421 g/mol. The van der Waals surface area contributed by atoms with Gasteiger partial charge >= 0.3 is 18.1 Å². The molecule has 3 N–H and O–H groups in total. The lowest BCUT2D eigenvalue weighted by molar-refractivity contribution is -0.252. The molecule has 164 valence electrons. The number of nitrogens with zero attached hydrogens (tertiary/aromatic N) is 3. The fourth-order valence-electron chi connectivity index (χ4n) is 3.84. The summed E-state index contributed by atoms with van der Waals surface area (Å²) < 4.78 is 4.49. The van der Waals surface area contributed by atoms with Crippen LogP contribution in [0.15, 0.2) is 18.2 Å². The number of ether oxygens (including phenoxy) is 1. The maximum absolute atomic E-state index is 12.7. The van der Waals surface area contributed by atoms with E-state index in [4.69, 9.17) is 4.84 Å². The number of benzene rings is 1. The molecule has 2 saturated heterocycles. The summed E-state index contributed by atoms with van der Waals surface area (Å²) >= 11 is 0.